The highest BCUT2D eigenvalue weighted by Gasteiger charge is 2.22. The minimum Gasteiger partial charge on any atom is -0.492 e. The zero-order chi connectivity index (χ0) is 17.9. The zero-order valence-electron chi connectivity index (χ0n) is 14.3. The van der Waals surface area contributed by atoms with Gasteiger partial charge in [-0.15, -0.1) is 11.3 Å². The first kappa shape index (κ1) is 16.5. The summed E-state index contributed by atoms with van der Waals surface area (Å²) in [7, 11) is 1.63. The van der Waals surface area contributed by atoms with Crippen molar-refractivity contribution in [2.75, 3.05) is 19.0 Å². The van der Waals surface area contributed by atoms with E-state index in [0.29, 0.717) is 18.7 Å². The molecule has 0 spiro atoms. The summed E-state index contributed by atoms with van der Waals surface area (Å²) in [6, 6.07) is 7.56. The summed E-state index contributed by atoms with van der Waals surface area (Å²) in [6.45, 7) is 1.25. The molecule has 0 aliphatic carbocycles. The van der Waals surface area contributed by atoms with E-state index in [1.807, 2.05) is 36.1 Å². The van der Waals surface area contributed by atoms with Gasteiger partial charge in [-0.3, -0.25) is 9.78 Å². The number of carbonyl (C=O) groups is 1. The van der Waals surface area contributed by atoms with Gasteiger partial charge in [-0.2, -0.15) is 0 Å². The minimum atomic E-state index is -0.0897. The maximum Gasteiger partial charge on any atom is 0.251 e. The highest BCUT2D eigenvalue weighted by Crippen LogP contribution is 2.40. The highest BCUT2D eigenvalue weighted by molar-refractivity contribution is 7.13. The number of nitrogens with zero attached hydrogens (tertiary/aromatic N) is 2. The fourth-order valence-electron chi connectivity index (χ4n) is 3.02. The monoisotopic (exact) mass is 366 g/mol. The van der Waals surface area contributed by atoms with Crippen LogP contribution in [0.3, 0.4) is 0 Å². The van der Waals surface area contributed by atoms with Crippen LogP contribution < -0.4 is 15.4 Å². The lowest BCUT2D eigenvalue weighted by molar-refractivity contribution is 0.0963. The Bertz CT molecular complexity index is 941. The van der Waals surface area contributed by atoms with Crippen LogP contribution in [0.2, 0.25) is 0 Å². The molecule has 132 valence electrons. The van der Waals surface area contributed by atoms with Gasteiger partial charge in [0.25, 0.3) is 5.91 Å². The van der Waals surface area contributed by atoms with E-state index in [4.69, 9.17) is 4.74 Å². The van der Waals surface area contributed by atoms with Crippen LogP contribution in [0.4, 0.5) is 5.82 Å². The number of ether oxygens (including phenoxy) is 1. The van der Waals surface area contributed by atoms with Crippen molar-refractivity contribution < 1.29 is 9.53 Å². The Balaban J connectivity index is 1.57. The molecule has 4 rings (SSSR count). The number of benzene rings is 1. The summed E-state index contributed by atoms with van der Waals surface area (Å²) in [5.41, 5.74) is 5.56. The number of carbonyl (C=O) groups excluding carboxylic acids is 1. The van der Waals surface area contributed by atoms with Gasteiger partial charge in [0.05, 0.1) is 22.6 Å². The second-order valence-electron chi connectivity index (χ2n) is 5.93. The van der Waals surface area contributed by atoms with Crippen LogP contribution in [-0.2, 0) is 13.0 Å². The van der Waals surface area contributed by atoms with Crippen LogP contribution in [0.15, 0.2) is 42.2 Å². The molecule has 0 saturated heterocycles. The molecular formula is C19H18N4O2S. The fraction of sp³-hybridized carbons (Fsp3) is 0.211. The largest absolute Gasteiger partial charge is 0.492 e. The Hall–Kier alpha value is -2.93. The molecule has 2 N–H and O–H groups in total. The Morgan fingerprint density at radius 3 is 3.08 bits per heavy atom. The number of anilines is 1. The van der Waals surface area contributed by atoms with Crippen LogP contribution in [0.25, 0.3) is 10.4 Å². The normalized spacial score (nSPS) is 12.3. The molecule has 2 aromatic heterocycles. The van der Waals surface area contributed by atoms with Gasteiger partial charge < -0.3 is 15.4 Å². The quantitative estimate of drug-likeness (QED) is 0.726. The smallest absolute Gasteiger partial charge is 0.251 e. The summed E-state index contributed by atoms with van der Waals surface area (Å²) in [5.74, 6) is 1.63. The van der Waals surface area contributed by atoms with Gasteiger partial charge in [0.2, 0.25) is 0 Å². The summed E-state index contributed by atoms with van der Waals surface area (Å²) < 4.78 is 5.86. The van der Waals surface area contributed by atoms with Crippen LogP contribution in [0.5, 0.6) is 5.75 Å². The number of fused-ring (bicyclic) bond motifs is 1. The van der Waals surface area contributed by atoms with Crippen molar-refractivity contribution in [3.05, 3.63) is 58.9 Å². The van der Waals surface area contributed by atoms with E-state index in [1.165, 1.54) is 0 Å². The summed E-state index contributed by atoms with van der Waals surface area (Å²) in [6.07, 6.45) is 4.50. The molecule has 3 heterocycles. The molecule has 1 aliphatic rings. The molecule has 0 fully saturated rings. The molecule has 0 bridgehead atoms. The highest BCUT2D eigenvalue weighted by atomic mass is 32.1. The van der Waals surface area contributed by atoms with E-state index in [1.54, 1.807) is 24.5 Å². The molecule has 3 aromatic rings. The van der Waals surface area contributed by atoms with Gasteiger partial charge in [-0.1, -0.05) is 12.1 Å². The summed E-state index contributed by atoms with van der Waals surface area (Å²) in [5, 5.41) is 6.03. The lowest BCUT2D eigenvalue weighted by Gasteiger charge is -2.12. The number of amides is 1. The van der Waals surface area contributed by atoms with E-state index in [0.717, 1.165) is 39.6 Å². The van der Waals surface area contributed by atoms with Gasteiger partial charge in [0, 0.05) is 43.5 Å². The lowest BCUT2D eigenvalue weighted by atomic mass is 10.1. The molecule has 1 amide bonds. The maximum absolute atomic E-state index is 11.8. The van der Waals surface area contributed by atoms with Gasteiger partial charge >= 0.3 is 0 Å². The molecule has 1 aliphatic heterocycles. The van der Waals surface area contributed by atoms with Crippen LogP contribution in [-0.4, -0.2) is 29.5 Å². The average Bonchev–Trinajstić information content (AvgIpc) is 3.37. The van der Waals surface area contributed by atoms with Gasteiger partial charge in [0.15, 0.2) is 0 Å². The second-order valence-corrected chi connectivity index (χ2v) is 6.81. The number of pyridine rings is 1. The van der Waals surface area contributed by atoms with Crippen LogP contribution in [0, 0.1) is 0 Å². The van der Waals surface area contributed by atoms with E-state index in [9.17, 15) is 4.79 Å². The maximum atomic E-state index is 11.8. The molecule has 1 aromatic carbocycles. The number of nitrogens with one attached hydrogen (secondary N) is 2. The van der Waals surface area contributed by atoms with Gasteiger partial charge in [-0.25, -0.2) is 4.98 Å². The Kier molecular flexibility index (Phi) is 4.53. The van der Waals surface area contributed by atoms with E-state index < -0.39 is 0 Å². The number of rotatable bonds is 5. The number of hydrogen-bond donors (Lipinski definition) is 2. The average molecular weight is 366 g/mol. The third kappa shape index (κ3) is 3.13. The van der Waals surface area contributed by atoms with Crippen LogP contribution >= 0.6 is 11.3 Å². The van der Waals surface area contributed by atoms with Crippen molar-refractivity contribution in [2.45, 2.75) is 13.0 Å². The van der Waals surface area contributed by atoms with Crippen molar-refractivity contribution >= 4 is 23.1 Å². The molecule has 0 atom stereocenters. The standard InChI is InChI=1S/C19H18N4O2S/c1-20-19(24)13-4-2-3-12(7-13)8-22-18-14-5-6-25-17(14)15(9-23-18)16-10-21-11-26-16/h2-4,7,9-11H,5-6,8H2,1H3,(H,20,24)(H,22,23). The third-order valence-electron chi connectivity index (χ3n) is 4.30. The van der Waals surface area contributed by atoms with Gasteiger partial charge in [-0.05, 0) is 17.7 Å². The van der Waals surface area contributed by atoms with E-state index in [-0.39, 0.29) is 5.91 Å². The Morgan fingerprint density at radius 1 is 1.35 bits per heavy atom. The Labute approximate surface area is 155 Å². The number of aromatic nitrogens is 2. The molecule has 26 heavy (non-hydrogen) atoms. The topological polar surface area (TPSA) is 76.1 Å². The molecule has 7 heteroatoms. The van der Waals surface area contributed by atoms with E-state index in [2.05, 4.69) is 20.6 Å². The number of thiazole rings is 1. The Morgan fingerprint density at radius 2 is 2.27 bits per heavy atom. The van der Waals surface area contributed by atoms with Crippen LogP contribution in [0.1, 0.15) is 21.5 Å². The molecule has 0 radical (unpaired) electrons. The third-order valence-corrected chi connectivity index (χ3v) is 5.11. The first-order valence-electron chi connectivity index (χ1n) is 8.34. The second kappa shape index (κ2) is 7.13. The number of hydrogen-bond acceptors (Lipinski definition) is 6. The van der Waals surface area contributed by atoms with Crippen molar-refractivity contribution in [3.8, 4) is 16.2 Å². The van der Waals surface area contributed by atoms with Crippen molar-refractivity contribution in [2.24, 2.45) is 0 Å². The summed E-state index contributed by atoms with van der Waals surface area (Å²) in [4.78, 5) is 21.6. The first-order chi connectivity index (χ1) is 12.8. The predicted molar refractivity (Wildman–Crippen MR) is 102 cm³/mol. The first-order valence-corrected chi connectivity index (χ1v) is 9.22. The predicted octanol–water partition coefficient (Wildman–Crippen LogP) is 3.11. The fourth-order valence-corrected chi connectivity index (χ4v) is 3.65. The SMILES string of the molecule is CNC(=O)c1cccc(CNc2ncc(-c3cncs3)c3c2CCO3)c1. The van der Waals surface area contributed by atoms with Crippen molar-refractivity contribution in [1.82, 2.24) is 15.3 Å². The zero-order valence-corrected chi connectivity index (χ0v) is 15.1. The summed E-state index contributed by atoms with van der Waals surface area (Å²) >= 11 is 1.58. The van der Waals surface area contributed by atoms with Gasteiger partial charge in [0.1, 0.15) is 11.6 Å². The lowest BCUT2D eigenvalue weighted by Crippen LogP contribution is -2.18. The van der Waals surface area contributed by atoms with E-state index >= 15 is 0 Å². The molecule has 0 saturated carbocycles. The minimum absolute atomic E-state index is 0.0897. The van der Waals surface area contributed by atoms with Crippen molar-refractivity contribution in [1.29, 1.82) is 0 Å². The molecule has 0 unspecified atom stereocenters. The van der Waals surface area contributed by atoms with Crippen molar-refractivity contribution in [3.63, 3.8) is 0 Å². The molecular weight excluding hydrogens is 348 g/mol. The molecule has 6 nitrogen and oxygen atoms in total.